The number of hydrogen-bond acceptors (Lipinski definition) is 5. The Bertz CT molecular complexity index is 847. The number of nitrogens with zero attached hydrogens (tertiary/aromatic N) is 2. The molecule has 0 radical (unpaired) electrons. The number of ketones is 1. The van der Waals surface area contributed by atoms with Gasteiger partial charge in [0.05, 0.1) is 17.3 Å². The van der Waals surface area contributed by atoms with Gasteiger partial charge in [-0.05, 0) is 50.3 Å². The maximum absolute atomic E-state index is 14.1. The number of hydrogen-bond donors (Lipinski definition) is 2. The van der Waals surface area contributed by atoms with E-state index in [4.69, 9.17) is 11.6 Å². The highest BCUT2D eigenvalue weighted by Crippen LogP contribution is 2.46. The Hall–Kier alpha value is -1.70. The van der Waals surface area contributed by atoms with E-state index >= 15 is 0 Å². The van der Waals surface area contributed by atoms with Gasteiger partial charge >= 0.3 is 5.97 Å². The van der Waals surface area contributed by atoms with Gasteiger partial charge in [0.1, 0.15) is 5.82 Å². The van der Waals surface area contributed by atoms with E-state index in [0.29, 0.717) is 24.7 Å². The summed E-state index contributed by atoms with van der Waals surface area (Å²) >= 11 is 6.31. The zero-order chi connectivity index (χ0) is 19.6. The van der Waals surface area contributed by atoms with Crippen LogP contribution in [-0.2, 0) is 4.79 Å². The number of likely N-dealkylation sites (tertiary alicyclic amines) is 1. The summed E-state index contributed by atoms with van der Waals surface area (Å²) in [5.41, 5.74) is -1.12. The Morgan fingerprint density at radius 3 is 2.75 bits per heavy atom. The fraction of sp³-hybridized carbons (Fsp3) is 0.600. The van der Waals surface area contributed by atoms with Gasteiger partial charge in [0.15, 0.2) is 5.78 Å². The molecule has 3 unspecified atom stereocenters. The van der Waals surface area contributed by atoms with E-state index < -0.39 is 23.1 Å². The molecule has 1 aliphatic carbocycles. The molecule has 28 heavy (non-hydrogen) atoms. The number of carbonyl (C=O) groups is 2. The van der Waals surface area contributed by atoms with Crippen LogP contribution in [0.2, 0.25) is 5.02 Å². The smallest absolute Gasteiger partial charge is 0.334 e. The normalized spacial score (nSPS) is 32.9. The molecule has 0 spiro atoms. The van der Waals surface area contributed by atoms with Crippen LogP contribution in [-0.4, -0.2) is 65.6 Å². The lowest BCUT2D eigenvalue weighted by molar-refractivity contribution is -0.147. The molecule has 1 saturated carbocycles. The Morgan fingerprint density at radius 2 is 2.07 bits per heavy atom. The molecule has 0 aromatic heterocycles. The highest BCUT2D eigenvalue weighted by atomic mass is 35.5. The molecular weight excluding hydrogens is 385 g/mol. The summed E-state index contributed by atoms with van der Waals surface area (Å²) in [5.74, 6) is -1.99. The number of fused-ring (bicyclic) bond motifs is 2. The molecule has 3 atom stereocenters. The lowest BCUT2D eigenvalue weighted by Crippen LogP contribution is -2.68. The molecule has 8 heteroatoms. The molecule has 0 bridgehead atoms. The first-order chi connectivity index (χ1) is 13.4. The summed E-state index contributed by atoms with van der Waals surface area (Å²) < 4.78 is 14.1. The topological polar surface area (TPSA) is 72.9 Å². The van der Waals surface area contributed by atoms with E-state index in [0.717, 1.165) is 38.3 Å². The van der Waals surface area contributed by atoms with Crippen molar-refractivity contribution >= 4 is 29.0 Å². The number of carboxylic acid groups (broad SMARTS) is 1. The minimum atomic E-state index is -1.70. The van der Waals surface area contributed by atoms with E-state index in [1.807, 2.05) is 9.80 Å². The molecule has 2 saturated heterocycles. The van der Waals surface area contributed by atoms with Gasteiger partial charge < -0.3 is 15.3 Å². The standard InChI is InChI=1S/C20H23ClFN3O3/c21-15-7-12(22)6-14-17(15)25(13-3-4-13)10-20(18(14)26,19(27)28)24-8-11-2-1-5-23-16(11)9-24/h6-7,11,13,16,23H,1-5,8-10H2,(H,27,28). The number of aliphatic carboxylic acids is 1. The number of carboxylic acids is 1. The number of rotatable bonds is 3. The van der Waals surface area contributed by atoms with Crippen molar-refractivity contribution in [3.8, 4) is 0 Å². The fourth-order valence-electron chi connectivity index (χ4n) is 5.25. The number of piperidine rings is 1. The summed E-state index contributed by atoms with van der Waals surface area (Å²) in [4.78, 5) is 29.9. The number of carbonyl (C=O) groups excluding carboxylic acids is 1. The van der Waals surface area contributed by atoms with Crippen molar-refractivity contribution in [3.63, 3.8) is 0 Å². The molecule has 3 fully saturated rings. The lowest BCUT2D eigenvalue weighted by Gasteiger charge is -2.45. The molecule has 3 aliphatic heterocycles. The second kappa shape index (κ2) is 6.40. The number of nitrogens with one attached hydrogen (secondary N) is 1. The largest absolute Gasteiger partial charge is 0.479 e. The predicted molar refractivity (Wildman–Crippen MR) is 103 cm³/mol. The number of anilines is 1. The monoisotopic (exact) mass is 407 g/mol. The molecule has 1 aromatic rings. The van der Waals surface area contributed by atoms with Crippen molar-refractivity contribution in [2.24, 2.45) is 5.92 Å². The summed E-state index contributed by atoms with van der Waals surface area (Å²) in [5, 5.41) is 13.9. The Morgan fingerprint density at radius 1 is 1.29 bits per heavy atom. The third kappa shape index (κ3) is 2.60. The van der Waals surface area contributed by atoms with Crippen LogP contribution in [0.5, 0.6) is 0 Å². The van der Waals surface area contributed by atoms with Gasteiger partial charge in [-0.3, -0.25) is 9.69 Å². The molecule has 2 N–H and O–H groups in total. The minimum Gasteiger partial charge on any atom is -0.479 e. The van der Waals surface area contributed by atoms with Crippen molar-refractivity contribution in [1.29, 1.82) is 0 Å². The molecule has 1 aromatic carbocycles. The lowest BCUT2D eigenvalue weighted by atomic mass is 9.82. The van der Waals surface area contributed by atoms with Crippen molar-refractivity contribution < 1.29 is 19.1 Å². The van der Waals surface area contributed by atoms with Gasteiger partial charge in [-0.2, -0.15) is 0 Å². The number of halogens is 2. The van der Waals surface area contributed by atoms with Crippen molar-refractivity contribution in [3.05, 3.63) is 28.5 Å². The molecule has 5 rings (SSSR count). The van der Waals surface area contributed by atoms with E-state index in [2.05, 4.69) is 5.32 Å². The molecular formula is C20H23ClFN3O3. The SMILES string of the molecule is O=C(O)C1(N2CC3CCCNC3C2)CN(C2CC2)c2c(Cl)cc(F)cc2C1=O. The van der Waals surface area contributed by atoms with E-state index in [9.17, 15) is 19.1 Å². The average Bonchev–Trinajstić information content (AvgIpc) is 3.40. The van der Waals surface area contributed by atoms with Crippen LogP contribution < -0.4 is 10.2 Å². The van der Waals surface area contributed by atoms with Crippen molar-refractivity contribution in [2.75, 3.05) is 31.1 Å². The molecule has 3 heterocycles. The first-order valence-electron chi connectivity index (χ1n) is 9.94. The van der Waals surface area contributed by atoms with Crippen LogP contribution in [0.4, 0.5) is 10.1 Å². The van der Waals surface area contributed by atoms with Gasteiger partial charge in [0, 0.05) is 30.7 Å². The van der Waals surface area contributed by atoms with Crippen molar-refractivity contribution in [1.82, 2.24) is 10.2 Å². The third-order valence-electron chi connectivity index (χ3n) is 6.82. The zero-order valence-corrected chi connectivity index (χ0v) is 16.2. The molecule has 150 valence electrons. The second-order valence-electron chi connectivity index (χ2n) is 8.51. The van der Waals surface area contributed by atoms with Gasteiger partial charge in [-0.1, -0.05) is 11.6 Å². The first kappa shape index (κ1) is 18.3. The quantitative estimate of drug-likeness (QED) is 0.748. The van der Waals surface area contributed by atoms with Crippen LogP contribution in [0.3, 0.4) is 0 Å². The summed E-state index contributed by atoms with van der Waals surface area (Å²) in [7, 11) is 0. The summed E-state index contributed by atoms with van der Waals surface area (Å²) in [6, 6.07) is 2.70. The first-order valence-corrected chi connectivity index (χ1v) is 10.3. The van der Waals surface area contributed by atoms with Crippen LogP contribution in [0, 0.1) is 11.7 Å². The van der Waals surface area contributed by atoms with E-state index in [1.54, 1.807) is 0 Å². The third-order valence-corrected chi connectivity index (χ3v) is 7.10. The maximum atomic E-state index is 14.1. The van der Waals surface area contributed by atoms with Gasteiger partial charge in [-0.15, -0.1) is 0 Å². The van der Waals surface area contributed by atoms with Crippen molar-refractivity contribution in [2.45, 2.75) is 43.3 Å². The second-order valence-corrected chi connectivity index (χ2v) is 8.91. The van der Waals surface area contributed by atoms with E-state index in [-0.39, 0.29) is 29.2 Å². The Labute approximate surface area is 167 Å². The van der Waals surface area contributed by atoms with Gasteiger partial charge in [0.25, 0.3) is 0 Å². The van der Waals surface area contributed by atoms with Crippen LogP contribution in [0.15, 0.2) is 12.1 Å². The summed E-state index contributed by atoms with van der Waals surface area (Å²) in [6.07, 6.45) is 3.93. The minimum absolute atomic E-state index is 0.0592. The average molecular weight is 408 g/mol. The summed E-state index contributed by atoms with van der Waals surface area (Å²) in [6.45, 7) is 2.05. The molecule has 0 amide bonds. The maximum Gasteiger partial charge on any atom is 0.334 e. The highest BCUT2D eigenvalue weighted by molar-refractivity contribution is 6.35. The van der Waals surface area contributed by atoms with Crippen LogP contribution >= 0.6 is 11.6 Å². The number of benzene rings is 1. The van der Waals surface area contributed by atoms with Gasteiger partial charge in [0.2, 0.25) is 5.54 Å². The predicted octanol–water partition coefficient (Wildman–Crippen LogP) is 2.15. The Kier molecular flexibility index (Phi) is 4.19. The highest BCUT2D eigenvalue weighted by Gasteiger charge is 2.60. The van der Waals surface area contributed by atoms with Crippen LogP contribution in [0.25, 0.3) is 0 Å². The molecule has 6 nitrogen and oxygen atoms in total. The Balaban J connectivity index is 1.62. The van der Waals surface area contributed by atoms with Crippen LogP contribution in [0.1, 0.15) is 36.0 Å². The zero-order valence-electron chi connectivity index (χ0n) is 15.5. The number of Topliss-reactive ketones (excluding diaryl/α,β-unsaturated/α-hetero) is 1. The molecule has 4 aliphatic rings. The van der Waals surface area contributed by atoms with Gasteiger partial charge in [-0.25, -0.2) is 9.18 Å². The fourth-order valence-corrected chi connectivity index (χ4v) is 5.57. The van der Waals surface area contributed by atoms with E-state index in [1.165, 1.54) is 6.07 Å².